The van der Waals surface area contributed by atoms with Crippen LogP contribution in [0.15, 0.2) is 24.3 Å². The molecule has 7 heteroatoms. The molecule has 1 rings (SSSR count). The lowest BCUT2D eigenvalue weighted by Gasteiger charge is -2.26. The first-order valence-electron chi connectivity index (χ1n) is 8.26. The quantitative estimate of drug-likeness (QED) is 0.663. The summed E-state index contributed by atoms with van der Waals surface area (Å²) in [5, 5.41) is 11.8. The molecule has 25 heavy (non-hydrogen) atoms. The van der Waals surface area contributed by atoms with E-state index in [0.717, 1.165) is 5.56 Å². The number of hydrogen-bond acceptors (Lipinski definition) is 4. The van der Waals surface area contributed by atoms with Crippen molar-refractivity contribution < 1.29 is 19.5 Å². The minimum absolute atomic E-state index is 0.324. The molecule has 0 fully saturated rings. The largest absolute Gasteiger partial charge is 0.480 e. The summed E-state index contributed by atoms with van der Waals surface area (Å²) in [7, 11) is 0. The monoisotopic (exact) mass is 366 g/mol. The number of carbonyl (C=O) groups excluding carboxylic acids is 2. The highest BCUT2D eigenvalue weighted by Gasteiger charge is 2.27. The molecule has 1 aromatic rings. The standard InChI is InChI=1S/C18H26N2O4S/c1-4-9-20(12-16(21)22)18(24)15(8-10-25-3)19-17(23)14-7-5-6-13(2)11-14/h5-7,11,15H,4,8-10,12H2,1-3H3,(H,19,23)(H,21,22). The number of benzene rings is 1. The normalized spacial score (nSPS) is 11.6. The molecule has 0 aromatic heterocycles. The second kappa shape index (κ2) is 10.8. The van der Waals surface area contributed by atoms with Crippen molar-refractivity contribution in [2.45, 2.75) is 32.7 Å². The number of thioether (sulfide) groups is 1. The number of amides is 2. The lowest BCUT2D eigenvalue weighted by Crippen LogP contribution is -2.50. The summed E-state index contributed by atoms with van der Waals surface area (Å²) in [4.78, 5) is 37.5. The van der Waals surface area contributed by atoms with Crippen LogP contribution >= 0.6 is 11.8 Å². The Labute approximate surface area is 153 Å². The third-order valence-electron chi connectivity index (χ3n) is 3.63. The zero-order chi connectivity index (χ0) is 18.8. The van der Waals surface area contributed by atoms with Gasteiger partial charge in [0, 0.05) is 12.1 Å². The molecule has 1 aromatic carbocycles. The van der Waals surface area contributed by atoms with Crippen molar-refractivity contribution in [1.82, 2.24) is 10.2 Å². The number of nitrogens with zero attached hydrogens (tertiary/aromatic N) is 1. The smallest absolute Gasteiger partial charge is 0.323 e. The van der Waals surface area contributed by atoms with Crippen LogP contribution in [0, 0.1) is 6.92 Å². The fourth-order valence-corrected chi connectivity index (χ4v) is 2.91. The summed E-state index contributed by atoms with van der Waals surface area (Å²) in [6.07, 6.45) is 3.03. The van der Waals surface area contributed by atoms with E-state index < -0.39 is 12.0 Å². The van der Waals surface area contributed by atoms with Crippen LogP contribution in [0.25, 0.3) is 0 Å². The fraction of sp³-hybridized carbons (Fsp3) is 0.500. The number of nitrogens with one attached hydrogen (secondary N) is 1. The molecule has 0 aliphatic carbocycles. The summed E-state index contributed by atoms with van der Waals surface area (Å²) in [6, 6.07) is 6.40. The van der Waals surface area contributed by atoms with Gasteiger partial charge in [-0.1, -0.05) is 24.6 Å². The van der Waals surface area contributed by atoms with Crippen molar-refractivity contribution in [3.8, 4) is 0 Å². The Morgan fingerprint density at radius 2 is 2.04 bits per heavy atom. The maximum absolute atomic E-state index is 12.7. The second-order valence-corrected chi connectivity index (χ2v) is 6.82. The van der Waals surface area contributed by atoms with Gasteiger partial charge in [-0.2, -0.15) is 11.8 Å². The Bertz CT molecular complexity index is 606. The highest BCUT2D eigenvalue weighted by Crippen LogP contribution is 2.09. The predicted molar refractivity (Wildman–Crippen MR) is 99.9 cm³/mol. The number of carboxylic acid groups (broad SMARTS) is 1. The van der Waals surface area contributed by atoms with Crippen molar-refractivity contribution in [3.63, 3.8) is 0 Å². The van der Waals surface area contributed by atoms with Gasteiger partial charge in [-0.25, -0.2) is 0 Å². The molecule has 6 nitrogen and oxygen atoms in total. The van der Waals surface area contributed by atoms with Crippen LogP contribution in [0.4, 0.5) is 0 Å². The fourth-order valence-electron chi connectivity index (χ4n) is 2.44. The molecule has 2 amide bonds. The maximum Gasteiger partial charge on any atom is 0.323 e. The average Bonchev–Trinajstić information content (AvgIpc) is 2.57. The third-order valence-corrected chi connectivity index (χ3v) is 4.27. The highest BCUT2D eigenvalue weighted by atomic mass is 32.2. The van der Waals surface area contributed by atoms with Gasteiger partial charge < -0.3 is 15.3 Å². The first kappa shape index (κ1) is 21.0. The third kappa shape index (κ3) is 7.17. The number of rotatable bonds is 10. The number of carbonyl (C=O) groups is 3. The maximum atomic E-state index is 12.7. The molecule has 0 aliphatic heterocycles. The molecule has 0 radical (unpaired) electrons. The number of carboxylic acids is 1. The summed E-state index contributed by atoms with van der Waals surface area (Å²) in [5.41, 5.74) is 1.44. The van der Waals surface area contributed by atoms with Crippen LogP contribution in [-0.4, -0.2) is 58.9 Å². The van der Waals surface area contributed by atoms with E-state index in [9.17, 15) is 14.4 Å². The second-order valence-electron chi connectivity index (χ2n) is 5.83. The van der Waals surface area contributed by atoms with Gasteiger partial charge in [0.1, 0.15) is 12.6 Å². The molecule has 0 aliphatic rings. The molecule has 1 unspecified atom stereocenters. The number of aryl methyl sites for hydroxylation is 1. The van der Waals surface area contributed by atoms with Crippen LogP contribution in [-0.2, 0) is 9.59 Å². The Hall–Kier alpha value is -2.02. The average molecular weight is 366 g/mol. The van der Waals surface area contributed by atoms with Gasteiger partial charge in [0.05, 0.1) is 0 Å². The molecule has 0 spiro atoms. The van der Waals surface area contributed by atoms with E-state index in [-0.39, 0.29) is 18.4 Å². The van der Waals surface area contributed by atoms with Gasteiger partial charge in [0.2, 0.25) is 5.91 Å². The Kier molecular flexibility index (Phi) is 9.05. The van der Waals surface area contributed by atoms with E-state index in [0.29, 0.717) is 30.7 Å². The van der Waals surface area contributed by atoms with E-state index in [1.54, 1.807) is 30.0 Å². The molecular formula is C18H26N2O4S. The molecule has 2 N–H and O–H groups in total. The van der Waals surface area contributed by atoms with Crippen molar-refractivity contribution in [2.24, 2.45) is 0 Å². The topological polar surface area (TPSA) is 86.7 Å². The first-order valence-corrected chi connectivity index (χ1v) is 9.65. The van der Waals surface area contributed by atoms with E-state index in [2.05, 4.69) is 5.32 Å². The zero-order valence-electron chi connectivity index (χ0n) is 14.9. The predicted octanol–water partition coefficient (Wildman–Crippen LogP) is 2.17. The molecule has 1 atom stereocenters. The Balaban J connectivity index is 2.92. The lowest BCUT2D eigenvalue weighted by atomic mass is 10.1. The lowest BCUT2D eigenvalue weighted by molar-refractivity contribution is -0.145. The van der Waals surface area contributed by atoms with Crippen LogP contribution < -0.4 is 5.32 Å². The van der Waals surface area contributed by atoms with E-state index in [1.807, 2.05) is 26.2 Å². The van der Waals surface area contributed by atoms with Gasteiger partial charge in [0.15, 0.2) is 0 Å². The summed E-state index contributed by atoms with van der Waals surface area (Å²) >= 11 is 1.57. The van der Waals surface area contributed by atoms with Gasteiger partial charge in [0.25, 0.3) is 5.91 Å². The summed E-state index contributed by atoms with van der Waals surface area (Å²) in [6.45, 7) is 3.76. The van der Waals surface area contributed by atoms with E-state index in [1.165, 1.54) is 4.90 Å². The van der Waals surface area contributed by atoms with Crippen LogP contribution in [0.2, 0.25) is 0 Å². The molecule has 0 saturated heterocycles. The van der Waals surface area contributed by atoms with Crippen LogP contribution in [0.1, 0.15) is 35.7 Å². The van der Waals surface area contributed by atoms with Crippen LogP contribution in [0.3, 0.4) is 0 Å². The Morgan fingerprint density at radius 1 is 1.32 bits per heavy atom. The highest BCUT2D eigenvalue weighted by molar-refractivity contribution is 7.98. The zero-order valence-corrected chi connectivity index (χ0v) is 15.8. The first-order chi connectivity index (χ1) is 11.9. The van der Waals surface area contributed by atoms with Gasteiger partial charge in [-0.05, 0) is 43.9 Å². The van der Waals surface area contributed by atoms with Gasteiger partial charge in [-0.3, -0.25) is 14.4 Å². The van der Waals surface area contributed by atoms with Gasteiger partial charge in [-0.15, -0.1) is 0 Å². The molecule has 0 heterocycles. The van der Waals surface area contributed by atoms with Crippen molar-refractivity contribution in [3.05, 3.63) is 35.4 Å². The molecular weight excluding hydrogens is 340 g/mol. The minimum Gasteiger partial charge on any atom is -0.480 e. The summed E-state index contributed by atoms with van der Waals surface area (Å²) < 4.78 is 0. The SMILES string of the molecule is CCCN(CC(=O)O)C(=O)C(CCSC)NC(=O)c1cccc(C)c1. The van der Waals surface area contributed by atoms with Crippen molar-refractivity contribution in [1.29, 1.82) is 0 Å². The van der Waals surface area contributed by atoms with E-state index >= 15 is 0 Å². The molecule has 138 valence electrons. The molecule has 0 saturated carbocycles. The summed E-state index contributed by atoms with van der Waals surface area (Å²) in [5.74, 6) is -1.04. The van der Waals surface area contributed by atoms with Gasteiger partial charge >= 0.3 is 5.97 Å². The number of hydrogen-bond donors (Lipinski definition) is 2. The minimum atomic E-state index is -1.06. The van der Waals surface area contributed by atoms with E-state index in [4.69, 9.17) is 5.11 Å². The number of aliphatic carboxylic acids is 1. The molecule has 0 bridgehead atoms. The van der Waals surface area contributed by atoms with Crippen LogP contribution in [0.5, 0.6) is 0 Å². The Morgan fingerprint density at radius 3 is 2.60 bits per heavy atom. The van der Waals surface area contributed by atoms with Crippen molar-refractivity contribution >= 4 is 29.5 Å². The van der Waals surface area contributed by atoms with Crippen molar-refractivity contribution in [2.75, 3.05) is 25.1 Å².